The number of nitriles is 1. The van der Waals surface area contributed by atoms with Crippen LogP contribution in [0.1, 0.15) is 52.9 Å². The Labute approximate surface area is 100 Å². The number of nitrogens with zero attached hydrogens (tertiary/aromatic N) is 3. The van der Waals surface area contributed by atoms with Crippen molar-refractivity contribution >= 4 is 5.84 Å². The van der Waals surface area contributed by atoms with Crippen LogP contribution in [0.2, 0.25) is 0 Å². The summed E-state index contributed by atoms with van der Waals surface area (Å²) >= 11 is 0. The first-order valence-corrected chi connectivity index (χ1v) is 6.00. The quantitative estimate of drug-likeness (QED) is 0.310. The molecule has 0 unspecified atom stereocenters. The van der Waals surface area contributed by atoms with Crippen molar-refractivity contribution in [2.75, 3.05) is 14.1 Å². The van der Waals surface area contributed by atoms with Crippen LogP contribution in [0, 0.1) is 16.9 Å². The van der Waals surface area contributed by atoms with E-state index in [0.29, 0.717) is 5.41 Å². The van der Waals surface area contributed by atoms with Gasteiger partial charge in [-0.2, -0.15) is 10.3 Å². The molecule has 0 aromatic rings. The predicted octanol–water partition coefficient (Wildman–Crippen LogP) is 3.42. The molecule has 0 N–H and O–H groups in total. The van der Waals surface area contributed by atoms with E-state index in [2.05, 4.69) is 25.8 Å². The molecule has 92 valence electrons. The molecule has 0 saturated carbocycles. The van der Waals surface area contributed by atoms with Gasteiger partial charge in [0.05, 0.1) is 0 Å². The molecular formula is C13H25N3. The number of hydrogen-bond donors (Lipinski definition) is 0. The molecule has 0 spiro atoms. The topological polar surface area (TPSA) is 39.4 Å². The molecule has 16 heavy (non-hydrogen) atoms. The lowest BCUT2D eigenvalue weighted by atomic mass is 9.89. The highest BCUT2D eigenvalue weighted by Crippen LogP contribution is 2.22. The Morgan fingerprint density at radius 1 is 1.19 bits per heavy atom. The lowest BCUT2D eigenvalue weighted by Crippen LogP contribution is -2.21. The molecule has 3 heteroatoms. The monoisotopic (exact) mass is 223 g/mol. The van der Waals surface area contributed by atoms with Crippen LogP contribution in [0.3, 0.4) is 0 Å². The number of aliphatic imine (C=N–C) groups is 1. The minimum atomic E-state index is 0.436. The highest BCUT2D eigenvalue weighted by Gasteiger charge is 2.09. The summed E-state index contributed by atoms with van der Waals surface area (Å²) in [4.78, 5) is 5.74. The van der Waals surface area contributed by atoms with E-state index in [-0.39, 0.29) is 0 Å². The van der Waals surface area contributed by atoms with E-state index < -0.39 is 0 Å². The van der Waals surface area contributed by atoms with Crippen molar-refractivity contribution in [2.45, 2.75) is 52.9 Å². The minimum Gasteiger partial charge on any atom is -0.365 e. The number of amidine groups is 1. The van der Waals surface area contributed by atoms with Crippen molar-refractivity contribution in [3.63, 3.8) is 0 Å². The molecule has 0 saturated heterocycles. The minimum absolute atomic E-state index is 0.436. The zero-order chi connectivity index (χ0) is 12.6. The smallest absolute Gasteiger partial charge is 0.207 e. The van der Waals surface area contributed by atoms with E-state index in [1.165, 1.54) is 19.3 Å². The van der Waals surface area contributed by atoms with Crippen molar-refractivity contribution in [3.05, 3.63) is 0 Å². The summed E-state index contributed by atoms with van der Waals surface area (Å²) in [7, 11) is 3.87. The summed E-state index contributed by atoms with van der Waals surface area (Å²) in [5, 5.41) is 8.53. The molecule has 0 amide bonds. The maximum absolute atomic E-state index is 8.53. The molecule has 0 radical (unpaired) electrons. The van der Waals surface area contributed by atoms with Gasteiger partial charge in [0, 0.05) is 20.5 Å². The molecule has 0 aromatic heterocycles. The Hall–Kier alpha value is -1.04. The van der Waals surface area contributed by atoms with Crippen molar-refractivity contribution in [1.29, 1.82) is 5.26 Å². The highest BCUT2D eigenvalue weighted by molar-refractivity contribution is 5.82. The summed E-state index contributed by atoms with van der Waals surface area (Å²) in [5.41, 5.74) is 0.436. The summed E-state index contributed by atoms with van der Waals surface area (Å²) in [6, 6.07) is 0. The normalized spacial score (nSPS) is 12.4. The van der Waals surface area contributed by atoms with E-state index in [4.69, 9.17) is 5.26 Å². The van der Waals surface area contributed by atoms with Crippen LogP contribution in [-0.2, 0) is 0 Å². The maximum Gasteiger partial charge on any atom is 0.207 e. The molecule has 0 aromatic carbocycles. The van der Waals surface area contributed by atoms with E-state index in [1.807, 2.05) is 25.2 Å². The molecule has 0 aliphatic carbocycles. The van der Waals surface area contributed by atoms with Gasteiger partial charge in [0.2, 0.25) is 6.19 Å². The second-order valence-electron chi connectivity index (χ2n) is 5.64. The third kappa shape index (κ3) is 8.28. The zero-order valence-electron chi connectivity index (χ0n) is 11.4. The number of hydrogen-bond acceptors (Lipinski definition) is 2. The average Bonchev–Trinajstić information content (AvgIpc) is 2.13. The van der Waals surface area contributed by atoms with Gasteiger partial charge in [-0.3, -0.25) is 0 Å². The fourth-order valence-corrected chi connectivity index (χ4v) is 1.55. The van der Waals surface area contributed by atoms with E-state index in [1.54, 1.807) is 0 Å². The number of unbranched alkanes of at least 4 members (excludes halogenated alkanes) is 2. The first-order valence-electron chi connectivity index (χ1n) is 6.00. The van der Waals surface area contributed by atoms with Crippen molar-refractivity contribution in [3.8, 4) is 6.19 Å². The molecule has 0 heterocycles. The molecule has 0 aliphatic rings. The van der Waals surface area contributed by atoms with Gasteiger partial charge in [-0.1, -0.05) is 33.6 Å². The van der Waals surface area contributed by atoms with Crippen LogP contribution < -0.4 is 0 Å². The molecule has 0 rings (SSSR count). The van der Waals surface area contributed by atoms with Gasteiger partial charge in [-0.05, 0) is 18.3 Å². The van der Waals surface area contributed by atoms with Gasteiger partial charge in [0.15, 0.2) is 0 Å². The highest BCUT2D eigenvalue weighted by atomic mass is 15.1. The fraction of sp³-hybridized carbons (Fsp3) is 0.846. The molecule has 0 bridgehead atoms. The van der Waals surface area contributed by atoms with Gasteiger partial charge in [0.25, 0.3) is 0 Å². The SMILES string of the molecule is CN(C)C(CCCCCC(C)(C)C)=NC#N. The van der Waals surface area contributed by atoms with Crippen LogP contribution in [0.15, 0.2) is 4.99 Å². The van der Waals surface area contributed by atoms with Crippen molar-refractivity contribution < 1.29 is 0 Å². The first-order chi connectivity index (χ1) is 7.37. The predicted molar refractivity (Wildman–Crippen MR) is 69.3 cm³/mol. The Morgan fingerprint density at radius 3 is 2.25 bits per heavy atom. The van der Waals surface area contributed by atoms with E-state index >= 15 is 0 Å². The lowest BCUT2D eigenvalue weighted by molar-refractivity contribution is 0.358. The first kappa shape index (κ1) is 15.0. The van der Waals surface area contributed by atoms with Crippen molar-refractivity contribution in [1.82, 2.24) is 4.90 Å². The largest absolute Gasteiger partial charge is 0.365 e. The van der Waals surface area contributed by atoms with Crippen LogP contribution in [-0.4, -0.2) is 24.8 Å². The molecule has 0 fully saturated rings. The molecule has 0 aliphatic heterocycles. The van der Waals surface area contributed by atoms with Gasteiger partial charge in [-0.25, -0.2) is 0 Å². The zero-order valence-corrected chi connectivity index (χ0v) is 11.4. The van der Waals surface area contributed by atoms with Crippen molar-refractivity contribution in [2.24, 2.45) is 10.4 Å². The van der Waals surface area contributed by atoms with E-state index in [9.17, 15) is 0 Å². The van der Waals surface area contributed by atoms with Crippen LogP contribution in [0.25, 0.3) is 0 Å². The third-order valence-electron chi connectivity index (χ3n) is 2.52. The molecule has 0 atom stereocenters. The van der Waals surface area contributed by atoms with Gasteiger partial charge in [-0.15, -0.1) is 0 Å². The Morgan fingerprint density at radius 2 is 1.81 bits per heavy atom. The third-order valence-corrected chi connectivity index (χ3v) is 2.52. The van der Waals surface area contributed by atoms with Gasteiger partial charge in [0.1, 0.15) is 5.84 Å². The average molecular weight is 223 g/mol. The van der Waals surface area contributed by atoms with Crippen LogP contribution >= 0.6 is 0 Å². The standard InChI is InChI=1S/C13H25N3/c1-13(2,3)10-8-6-7-9-12(15-11-14)16(4)5/h6-10H2,1-5H3. The number of rotatable bonds is 5. The fourth-order valence-electron chi connectivity index (χ4n) is 1.55. The van der Waals surface area contributed by atoms with E-state index in [0.717, 1.165) is 18.7 Å². The summed E-state index contributed by atoms with van der Waals surface area (Å²) in [6.45, 7) is 6.82. The maximum atomic E-state index is 8.53. The summed E-state index contributed by atoms with van der Waals surface area (Å²) in [6.07, 6.45) is 7.63. The second-order valence-corrected chi connectivity index (χ2v) is 5.64. The Kier molecular flexibility index (Phi) is 6.80. The summed E-state index contributed by atoms with van der Waals surface area (Å²) < 4.78 is 0. The van der Waals surface area contributed by atoms with Gasteiger partial charge >= 0.3 is 0 Å². The second kappa shape index (κ2) is 7.27. The molecule has 3 nitrogen and oxygen atoms in total. The summed E-state index contributed by atoms with van der Waals surface area (Å²) in [5.74, 6) is 0.887. The Bertz CT molecular complexity index is 253. The van der Waals surface area contributed by atoms with Crippen LogP contribution in [0.4, 0.5) is 0 Å². The lowest BCUT2D eigenvalue weighted by Gasteiger charge is -2.18. The molecular weight excluding hydrogens is 198 g/mol. The van der Waals surface area contributed by atoms with Crippen LogP contribution in [0.5, 0.6) is 0 Å². The van der Waals surface area contributed by atoms with Gasteiger partial charge < -0.3 is 4.90 Å². The Balaban J connectivity index is 3.73.